The molecule has 180 valence electrons. The number of alkyl halides is 3. The molecule has 7 nitrogen and oxygen atoms in total. The topological polar surface area (TPSA) is 79.4 Å². The van der Waals surface area contributed by atoms with Gasteiger partial charge in [-0.3, -0.25) is 4.79 Å². The lowest BCUT2D eigenvalue weighted by Crippen LogP contribution is -2.43. The van der Waals surface area contributed by atoms with Gasteiger partial charge in [0, 0.05) is 23.2 Å². The van der Waals surface area contributed by atoms with E-state index < -0.39 is 18.0 Å². The molecule has 0 spiro atoms. The van der Waals surface area contributed by atoms with Crippen LogP contribution in [0.15, 0.2) is 42.6 Å². The first-order chi connectivity index (χ1) is 16.2. The number of fused-ring (bicyclic) bond motifs is 1. The zero-order valence-electron chi connectivity index (χ0n) is 18.9. The fourth-order valence-electron chi connectivity index (χ4n) is 3.98. The van der Waals surface area contributed by atoms with Gasteiger partial charge in [0.1, 0.15) is 0 Å². The monoisotopic (exact) mass is 473 g/mol. The summed E-state index contributed by atoms with van der Waals surface area (Å²) < 4.78 is 43.6. The Morgan fingerprint density at radius 1 is 1.21 bits per heavy atom. The summed E-state index contributed by atoms with van der Waals surface area (Å²) >= 11 is 0. The first-order valence-corrected chi connectivity index (χ1v) is 11.1. The summed E-state index contributed by atoms with van der Waals surface area (Å²) in [6, 6.07) is 9.59. The first-order valence-electron chi connectivity index (χ1n) is 11.1. The van der Waals surface area contributed by atoms with Gasteiger partial charge in [-0.25, -0.2) is 9.97 Å². The minimum absolute atomic E-state index is 0.00138. The zero-order chi connectivity index (χ0) is 24.3. The summed E-state index contributed by atoms with van der Waals surface area (Å²) in [5.41, 5.74) is 1.79. The number of ether oxygens (including phenoxy) is 1. The number of hydrogen-bond acceptors (Lipinski definition) is 6. The van der Waals surface area contributed by atoms with E-state index in [1.165, 1.54) is 12.1 Å². The van der Waals surface area contributed by atoms with Crippen LogP contribution in [0.4, 0.5) is 24.8 Å². The normalized spacial score (nSPS) is 15.3. The Morgan fingerprint density at radius 3 is 2.68 bits per heavy atom. The van der Waals surface area contributed by atoms with Crippen molar-refractivity contribution in [2.24, 2.45) is 0 Å². The number of benzene rings is 2. The number of carbonyl (C=O) groups is 1. The van der Waals surface area contributed by atoms with Crippen molar-refractivity contribution in [3.8, 4) is 5.75 Å². The Labute approximate surface area is 195 Å². The summed E-state index contributed by atoms with van der Waals surface area (Å²) in [5, 5.41) is 6.54. The van der Waals surface area contributed by atoms with E-state index in [-0.39, 0.29) is 23.2 Å². The molecule has 4 rings (SSSR count). The molecule has 1 aliphatic heterocycles. The number of piperidine rings is 1. The molecule has 0 unspecified atom stereocenters. The molecule has 2 N–H and O–H groups in total. The highest BCUT2D eigenvalue weighted by atomic mass is 19.4. The minimum atomic E-state index is -4.93. The maximum atomic E-state index is 13.1. The van der Waals surface area contributed by atoms with Crippen LogP contribution in [0.1, 0.15) is 35.7 Å². The van der Waals surface area contributed by atoms with Crippen LogP contribution in [0.2, 0.25) is 0 Å². The summed E-state index contributed by atoms with van der Waals surface area (Å²) in [7, 11) is 2.01. The van der Waals surface area contributed by atoms with Gasteiger partial charge in [-0.05, 0) is 63.2 Å². The van der Waals surface area contributed by atoms with Crippen LogP contribution in [0.3, 0.4) is 0 Å². The molecule has 0 radical (unpaired) electrons. The van der Waals surface area contributed by atoms with E-state index in [4.69, 9.17) is 0 Å². The molecule has 34 heavy (non-hydrogen) atoms. The van der Waals surface area contributed by atoms with Crippen molar-refractivity contribution in [1.82, 2.24) is 20.2 Å². The molecular weight excluding hydrogens is 447 g/mol. The van der Waals surface area contributed by atoms with Gasteiger partial charge >= 0.3 is 6.36 Å². The maximum Gasteiger partial charge on any atom is 0.573 e. The van der Waals surface area contributed by atoms with Gasteiger partial charge in [0.15, 0.2) is 5.75 Å². The molecule has 0 bridgehead atoms. The number of rotatable bonds is 6. The van der Waals surface area contributed by atoms with Crippen molar-refractivity contribution in [1.29, 1.82) is 0 Å². The fraction of sp³-hybridized carbons (Fsp3) is 0.375. The molecule has 0 aliphatic carbocycles. The van der Waals surface area contributed by atoms with Gasteiger partial charge in [0.25, 0.3) is 5.91 Å². The van der Waals surface area contributed by atoms with Gasteiger partial charge in [-0.2, -0.15) is 0 Å². The largest absolute Gasteiger partial charge is 0.573 e. The molecule has 2 heterocycles. The van der Waals surface area contributed by atoms with E-state index in [1.807, 2.05) is 32.2 Å². The summed E-state index contributed by atoms with van der Waals surface area (Å²) in [6.45, 7) is 3.69. The zero-order valence-corrected chi connectivity index (χ0v) is 18.9. The predicted molar refractivity (Wildman–Crippen MR) is 123 cm³/mol. The van der Waals surface area contributed by atoms with Crippen LogP contribution < -0.4 is 15.4 Å². The van der Waals surface area contributed by atoms with Crippen molar-refractivity contribution < 1.29 is 22.7 Å². The van der Waals surface area contributed by atoms with E-state index >= 15 is 0 Å². The van der Waals surface area contributed by atoms with Crippen LogP contribution in [-0.2, 0) is 6.42 Å². The predicted octanol–water partition coefficient (Wildman–Crippen LogP) is 4.66. The molecule has 1 aliphatic rings. The minimum Gasteiger partial charge on any atom is -0.404 e. The molecule has 1 saturated heterocycles. The highest BCUT2D eigenvalue weighted by molar-refractivity contribution is 5.95. The average molecular weight is 473 g/mol. The third-order valence-corrected chi connectivity index (χ3v) is 5.85. The summed E-state index contributed by atoms with van der Waals surface area (Å²) in [5.74, 6) is -0.845. The van der Waals surface area contributed by atoms with E-state index in [2.05, 4.69) is 30.2 Å². The Morgan fingerprint density at radius 2 is 1.97 bits per heavy atom. The Bertz CT molecular complexity index is 1180. The Balaban J connectivity index is 1.59. The number of likely N-dealkylation sites (tertiary alicyclic amines) is 1. The highest BCUT2D eigenvalue weighted by Gasteiger charge is 2.33. The molecule has 1 amide bonds. The molecule has 3 aromatic rings. The molecular formula is C24H26F3N5O2. The first kappa shape index (κ1) is 23.7. The summed E-state index contributed by atoms with van der Waals surface area (Å²) in [6.07, 6.45) is -1.01. The van der Waals surface area contributed by atoms with Gasteiger partial charge in [-0.15, -0.1) is 13.2 Å². The second-order valence-corrected chi connectivity index (χ2v) is 8.34. The Kier molecular flexibility index (Phi) is 6.87. The molecule has 1 fully saturated rings. The van der Waals surface area contributed by atoms with E-state index in [0.717, 1.165) is 54.9 Å². The number of aromatic nitrogens is 2. The van der Waals surface area contributed by atoms with Crippen LogP contribution >= 0.6 is 0 Å². The van der Waals surface area contributed by atoms with Crippen LogP contribution in [-0.4, -0.2) is 53.3 Å². The number of anilines is 2. The third-order valence-electron chi connectivity index (χ3n) is 5.85. The highest BCUT2D eigenvalue weighted by Crippen LogP contribution is 2.33. The van der Waals surface area contributed by atoms with Gasteiger partial charge in [-0.1, -0.05) is 25.1 Å². The molecule has 10 heteroatoms. The number of nitrogens with one attached hydrogen (secondary N) is 2. The van der Waals surface area contributed by atoms with Crippen molar-refractivity contribution in [2.75, 3.05) is 25.5 Å². The van der Waals surface area contributed by atoms with E-state index in [1.54, 1.807) is 6.20 Å². The van der Waals surface area contributed by atoms with Gasteiger partial charge in [0.05, 0.1) is 11.2 Å². The second-order valence-electron chi connectivity index (χ2n) is 8.34. The quantitative estimate of drug-likeness (QED) is 0.542. The second kappa shape index (κ2) is 9.84. The van der Waals surface area contributed by atoms with E-state index in [9.17, 15) is 18.0 Å². The van der Waals surface area contributed by atoms with Gasteiger partial charge in [0.2, 0.25) is 5.95 Å². The number of halogens is 3. The SMILES string of the molecule is CCc1cccc2cnc(Nc3ccc(C(=O)NC4CCN(C)CC4)cc3OC(F)(F)F)nc12. The molecule has 2 aromatic carbocycles. The number of carbonyl (C=O) groups excluding carboxylic acids is 1. The van der Waals surface area contributed by atoms with E-state index in [0.29, 0.717) is 0 Å². The van der Waals surface area contributed by atoms with Crippen molar-refractivity contribution in [2.45, 2.75) is 38.6 Å². The number of hydrogen-bond donors (Lipinski definition) is 2. The number of aryl methyl sites for hydroxylation is 1. The standard InChI is InChI=1S/C24H26F3N5O2/c1-3-15-5-4-6-17-14-28-23(31-21(15)17)30-19-8-7-16(13-20(19)34-24(25,26)27)22(33)29-18-9-11-32(2)12-10-18/h4-8,13-14,18H,3,9-12H2,1-2H3,(H,29,33)(H,28,30,31). The molecule has 0 saturated carbocycles. The van der Waals surface area contributed by atoms with Crippen molar-refractivity contribution >= 4 is 28.4 Å². The van der Waals surface area contributed by atoms with Crippen LogP contribution in [0.5, 0.6) is 5.75 Å². The number of para-hydroxylation sites is 1. The molecule has 0 atom stereocenters. The van der Waals surface area contributed by atoms with Crippen molar-refractivity contribution in [3.63, 3.8) is 0 Å². The average Bonchev–Trinajstić information content (AvgIpc) is 2.80. The summed E-state index contributed by atoms with van der Waals surface area (Å²) in [4.78, 5) is 23.5. The lowest BCUT2D eigenvalue weighted by Gasteiger charge is -2.29. The number of nitrogens with zero attached hydrogens (tertiary/aromatic N) is 3. The number of amides is 1. The maximum absolute atomic E-state index is 13.1. The van der Waals surface area contributed by atoms with Crippen molar-refractivity contribution in [3.05, 3.63) is 53.7 Å². The molecule has 1 aromatic heterocycles. The van der Waals surface area contributed by atoms with Gasteiger partial charge < -0.3 is 20.3 Å². The lowest BCUT2D eigenvalue weighted by atomic mass is 10.0. The smallest absolute Gasteiger partial charge is 0.404 e. The van der Waals surface area contributed by atoms with Crippen LogP contribution in [0.25, 0.3) is 10.9 Å². The third kappa shape index (κ3) is 5.74. The lowest BCUT2D eigenvalue weighted by molar-refractivity contribution is -0.274. The Hall–Kier alpha value is -3.40. The van der Waals surface area contributed by atoms with Crippen LogP contribution in [0, 0.1) is 0 Å². The fourth-order valence-corrected chi connectivity index (χ4v) is 3.98.